The number of ether oxygens (including phenoxy) is 1. The summed E-state index contributed by atoms with van der Waals surface area (Å²) in [5.41, 5.74) is -0.0140. The van der Waals surface area contributed by atoms with Crippen molar-refractivity contribution in [2.45, 2.75) is 25.3 Å². The summed E-state index contributed by atoms with van der Waals surface area (Å²) in [6, 6.07) is 4.74. The van der Waals surface area contributed by atoms with E-state index in [1.165, 1.54) is 0 Å². The first kappa shape index (κ1) is 16.6. The summed E-state index contributed by atoms with van der Waals surface area (Å²) in [4.78, 5) is 37.1. The van der Waals surface area contributed by atoms with E-state index < -0.39 is 11.6 Å². The first-order valence-corrected chi connectivity index (χ1v) is 8.08. The number of benzene rings is 1. The number of piperidine rings is 1. The number of nitrogens with one attached hydrogen (secondary N) is 2. The van der Waals surface area contributed by atoms with Gasteiger partial charge in [0.15, 0.2) is 6.61 Å². The third-order valence-corrected chi connectivity index (χ3v) is 4.71. The number of carbonyl (C=O) groups is 3. The molecule has 1 aromatic carbocycles. The molecule has 4 amide bonds. The SMILES string of the molecule is Cc1cc(Cl)ccc1OCC(=O)N1CCC2(CC1)NC(=O)NC2=O. The highest BCUT2D eigenvalue weighted by Gasteiger charge is 2.48. The predicted octanol–water partition coefficient (Wildman–Crippen LogP) is 1.23. The van der Waals surface area contributed by atoms with Crippen LogP contribution in [0.4, 0.5) is 4.79 Å². The summed E-state index contributed by atoms with van der Waals surface area (Å²) in [5, 5.41) is 5.53. The second-order valence-corrected chi connectivity index (χ2v) is 6.51. The molecule has 0 aromatic heterocycles. The van der Waals surface area contributed by atoms with Crippen LogP contribution in [0, 0.1) is 6.92 Å². The molecule has 0 saturated carbocycles. The molecule has 0 bridgehead atoms. The first-order valence-electron chi connectivity index (χ1n) is 7.70. The van der Waals surface area contributed by atoms with Crippen molar-refractivity contribution in [2.24, 2.45) is 0 Å². The van der Waals surface area contributed by atoms with Gasteiger partial charge in [-0.25, -0.2) is 4.79 Å². The number of nitrogens with zero attached hydrogens (tertiary/aromatic N) is 1. The Labute approximate surface area is 144 Å². The quantitative estimate of drug-likeness (QED) is 0.802. The van der Waals surface area contributed by atoms with Crippen LogP contribution in [0.15, 0.2) is 18.2 Å². The van der Waals surface area contributed by atoms with Gasteiger partial charge >= 0.3 is 6.03 Å². The van der Waals surface area contributed by atoms with E-state index >= 15 is 0 Å². The standard InChI is InChI=1S/C16H18ClN3O4/c1-10-8-11(17)2-3-12(10)24-9-13(21)20-6-4-16(5-7-20)14(22)18-15(23)19-16/h2-3,8H,4-7,9H2,1H3,(H2,18,19,22,23). The van der Waals surface area contributed by atoms with Crippen molar-refractivity contribution >= 4 is 29.4 Å². The molecule has 3 rings (SSSR count). The highest BCUT2D eigenvalue weighted by atomic mass is 35.5. The molecule has 2 saturated heterocycles. The van der Waals surface area contributed by atoms with Crippen LogP contribution in [0.2, 0.25) is 5.02 Å². The molecule has 0 aliphatic carbocycles. The van der Waals surface area contributed by atoms with Gasteiger partial charge in [0, 0.05) is 18.1 Å². The number of urea groups is 1. The number of hydrogen-bond acceptors (Lipinski definition) is 4. The van der Waals surface area contributed by atoms with Crippen LogP contribution < -0.4 is 15.4 Å². The van der Waals surface area contributed by atoms with Gasteiger partial charge in [-0.3, -0.25) is 14.9 Å². The summed E-state index contributed by atoms with van der Waals surface area (Å²) in [5.74, 6) is 0.153. The molecule has 0 unspecified atom stereocenters. The highest BCUT2D eigenvalue weighted by Crippen LogP contribution is 2.26. The number of amides is 4. The molecule has 24 heavy (non-hydrogen) atoms. The van der Waals surface area contributed by atoms with Crippen LogP contribution in [0.1, 0.15) is 18.4 Å². The fourth-order valence-electron chi connectivity index (χ4n) is 3.02. The Morgan fingerprint density at radius 1 is 1.33 bits per heavy atom. The number of aryl methyl sites for hydroxylation is 1. The molecular weight excluding hydrogens is 334 g/mol. The van der Waals surface area contributed by atoms with Crippen LogP contribution >= 0.6 is 11.6 Å². The molecule has 2 aliphatic heterocycles. The fourth-order valence-corrected chi connectivity index (χ4v) is 3.25. The first-order chi connectivity index (χ1) is 11.4. The molecule has 2 heterocycles. The van der Waals surface area contributed by atoms with E-state index in [0.29, 0.717) is 36.7 Å². The minimum atomic E-state index is -0.874. The second kappa shape index (κ2) is 6.32. The highest BCUT2D eigenvalue weighted by molar-refractivity contribution is 6.30. The fraction of sp³-hybridized carbons (Fsp3) is 0.438. The van der Waals surface area contributed by atoms with Crippen molar-refractivity contribution in [3.8, 4) is 5.75 Å². The number of likely N-dealkylation sites (tertiary alicyclic amines) is 1. The summed E-state index contributed by atoms with van der Waals surface area (Å²) in [6.45, 7) is 2.58. The Kier molecular flexibility index (Phi) is 4.36. The van der Waals surface area contributed by atoms with Crippen LogP contribution in [-0.2, 0) is 9.59 Å². The molecule has 2 fully saturated rings. The number of imide groups is 1. The average Bonchev–Trinajstić information content (AvgIpc) is 2.80. The van der Waals surface area contributed by atoms with E-state index in [4.69, 9.17) is 16.3 Å². The van der Waals surface area contributed by atoms with Crippen LogP contribution in [0.3, 0.4) is 0 Å². The predicted molar refractivity (Wildman–Crippen MR) is 86.9 cm³/mol. The summed E-state index contributed by atoms with van der Waals surface area (Å²) in [7, 11) is 0. The van der Waals surface area contributed by atoms with E-state index in [-0.39, 0.29) is 18.4 Å². The van der Waals surface area contributed by atoms with E-state index in [0.717, 1.165) is 5.56 Å². The van der Waals surface area contributed by atoms with Gasteiger partial charge in [-0.15, -0.1) is 0 Å². The molecule has 1 aromatic rings. The Morgan fingerprint density at radius 3 is 2.62 bits per heavy atom. The number of carbonyl (C=O) groups excluding carboxylic acids is 3. The lowest BCUT2D eigenvalue weighted by Gasteiger charge is -2.36. The normalized spacial score (nSPS) is 19.2. The van der Waals surface area contributed by atoms with Crippen molar-refractivity contribution in [1.29, 1.82) is 0 Å². The number of hydrogen-bond donors (Lipinski definition) is 2. The van der Waals surface area contributed by atoms with Crippen LogP contribution in [0.5, 0.6) is 5.75 Å². The van der Waals surface area contributed by atoms with E-state index in [1.807, 2.05) is 6.92 Å². The second-order valence-electron chi connectivity index (χ2n) is 6.07. The summed E-state index contributed by atoms with van der Waals surface area (Å²) >= 11 is 5.89. The molecule has 0 atom stereocenters. The van der Waals surface area contributed by atoms with Crippen molar-refractivity contribution < 1.29 is 19.1 Å². The third-order valence-electron chi connectivity index (χ3n) is 4.47. The Bertz CT molecular complexity index is 699. The maximum absolute atomic E-state index is 12.3. The number of halogens is 1. The van der Waals surface area contributed by atoms with Gasteiger partial charge in [0.1, 0.15) is 11.3 Å². The Morgan fingerprint density at radius 2 is 2.04 bits per heavy atom. The van der Waals surface area contributed by atoms with Gasteiger partial charge < -0.3 is 15.0 Å². The van der Waals surface area contributed by atoms with Gasteiger partial charge in [0.2, 0.25) is 0 Å². The van der Waals surface area contributed by atoms with Crippen molar-refractivity contribution in [3.05, 3.63) is 28.8 Å². The van der Waals surface area contributed by atoms with Gasteiger partial charge in [-0.1, -0.05) is 11.6 Å². The van der Waals surface area contributed by atoms with Crippen LogP contribution in [-0.4, -0.2) is 48.0 Å². The van der Waals surface area contributed by atoms with Gasteiger partial charge in [0.25, 0.3) is 11.8 Å². The smallest absolute Gasteiger partial charge is 0.322 e. The van der Waals surface area contributed by atoms with E-state index in [9.17, 15) is 14.4 Å². The number of rotatable bonds is 3. The maximum Gasteiger partial charge on any atom is 0.322 e. The molecule has 0 radical (unpaired) electrons. The largest absolute Gasteiger partial charge is 0.483 e. The summed E-state index contributed by atoms with van der Waals surface area (Å²) in [6.07, 6.45) is 0.798. The lowest BCUT2D eigenvalue weighted by atomic mass is 9.88. The van der Waals surface area contributed by atoms with Crippen molar-refractivity contribution in [2.75, 3.05) is 19.7 Å². The zero-order valence-electron chi connectivity index (χ0n) is 13.2. The monoisotopic (exact) mass is 351 g/mol. The molecule has 2 aliphatic rings. The molecule has 8 heteroatoms. The van der Waals surface area contributed by atoms with Gasteiger partial charge in [-0.05, 0) is 43.5 Å². The van der Waals surface area contributed by atoms with E-state index in [1.54, 1.807) is 23.1 Å². The van der Waals surface area contributed by atoms with Crippen molar-refractivity contribution in [3.63, 3.8) is 0 Å². The molecule has 2 N–H and O–H groups in total. The summed E-state index contributed by atoms with van der Waals surface area (Å²) < 4.78 is 5.56. The van der Waals surface area contributed by atoms with Crippen LogP contribution in [0.25, 0.3) is 0 Å². The molecule has 1 spiro atoms. The zero-order chi connectivity index (χ0) is 17.3. The lowest BCUT2D eigenvalue weighted by molar-refractivity contribution is -0.137. The van der Waals surface area contributed by atoms with E-state index in [2.05, 4.69) is 10.6 Å². The minimum absolute atomic E-state index is 0.0754. The molecule has 7 nitrogen and oxygen atoms in total. The third kappa shape index (κ3) is 3.17. The Hall–Kier alpha value is -2.28. The van der Waals surface area contributed by atoms with Gasteiger partial charge in [0.05, 0.1) is 0 Å². The molecular formula is C16H18ClN3O4. The maximum atomic E-state index is 12.3. The van der Waals surface area contributed by atoms with Crippen molar-refractivity contribution in [1.82, 2.24) is 15.5 Å². The average molecular weight is 352 g/mol. The minimum Gasteiger partial charge on any atom is -0.483 e. The zero-order valence-corrected chi connectivity index (χ0v) is 14.0. The molecule has 128 valence electrons. The Balaban J connectivity index is 1.54. The lowest BCUT2D eigenvalue weighted by Crippen LogP contribution is -2.56. The van der Waals surface area contributed by atoms with Gasteiger partial charge in [-0.2, -0.15) is 0 Å². The topological polar surface area (TPSA) is 87.7 Å².